The number of nitrogens with zero attached hydrogens (tertiary/aromatic N) is 1. The molecular weight excluding hydrogens is 244 g/mol. The van der Waals surface area contributed by atoms with Gasteiger partial charge in [-0.15, -0.1) is 0 Å². The monoisotopic (exact) mass is 280 g/mol. The van der Waals surface area contributed by atoms with Crippen molar-refractivity contribution < 1.29 is 0 Å². The molecule has 0 amide bonds. The minimum absolute atomic E-state index is 0.587. The van der Waals surface area contributed by atoms with E-state index in [0.29, 0.717) is 5.41 Å². The van der Waals surface area contributed by atoms with Gasteiger partial charge in [0, 0.05) is 18.1 Å². The van der Waals surface area contributed by atoms with E-state index in [1.165, 1.54) is 64.3 Å². The normalized spacial score (nSPS) is 31.6. The quantitative estimate of drug-likeness (QED) is 0.812. The summed E-state index contributed by atoms with van der Waals surface area (Å²) in [7, 11) is 2.40. The van der Waals surface area contributed by atoms with Crippen LogP contribution in [0.25, 0.3) is 0 Å². The summed E-state index contributed by atoms with van der Waals surface area (Å²) in [6, 6.07) is 2.35. The fourth-order valence-corrected chi connectivity index (χ4v) is 4.23. The highest BCUT2D eigenvalue weighted by Crippen LogP contribution is 2.38. The molecule has 0 bridgehead atoms. The lowest BCUT2D eigenvalue weighted by molar-refractivity contribution is 0.0612. The van der Waals surface area contributed by atoms with E-state index in [1.54, 1.807) is 0 Å². The molecule has 0 saturated heterocycles. The van der Waals surface area contributed by atoms with Gasteiger partial charge >= 0.3 is 0 Å². The highest BCUT2D eigenvalue weighted by atomic mass is 15.2. The molecule has 2 rings (SSSR count). The topological polar surface area (TPSA) is 15.3 Å². The van der Waals surface area contributed by atoms with Crippen molar-refractivity contribution in [3.63, 3.8) is 0 Å². The highest BCUT2D eigenvalue weighted by Gasteiger charge is 2.34. The van der Waals surface area contributed by atoms with Crippen LogP contribution in [0.1, 0.15) is 78.6 Å². The van der Waals surface area contributed by atoms with Gasteiger partial charge in [0.2, 0.25) is 0 Å². The predicted molar refractivity (Wildman–Crippen MR) is 88.1 cm³/mol. The van der Waals surface area contributed by atoms with E-state index in [-0.39, 0.29) is 0 Å². The Labute approximate surface area is 126 Å². The first kappa shape index (κ1) is 16.3. The largest absolute Gasteiger partial charge is 0.312 e. The Balaban J connectivity index is 1.90. The molecular formula is C18H36N2. The zero-order valence-electron chi connectivity index (χ0n) is 14.3. The Kier molecular flexibility index (Phi) is 5.92. The smallest absolute Gasteiger partial charge is 0.0249 e. The minimum Gasteiger partial charge on any atom is -0.312 e. The average molecular weight is 281 g/mol. The molecule has 0 radical (unpaired) electrons. The Morgan fingerprint density at radius 3 is 2.35 bits per heavy atom. The summed E-state index contributed by atoms with van der Waals surface area (Å²) in [4.78, 5) is 2.75. The Hall–Kier alpha value is -0.0800. The van der Waals surface area contributed by atoms with Gasteiger partial charge in [0.1, 0.15) is 0 Å². The summed E-state index contributed by atoms with van der Waals surface area (Å²) in [6.07, 6.45) is 12.5. The van der Waals surface area contributed by atoms with Gasteiger partial charge in [-0.2, -0.15) is 0 Å². The van der Waals surface area contributed by atoms with Gasteiger partial charge < -0.3 is 5.32 Å². The van der Waals surface area contributed by atoms with Crippen molar-refractivity contribution in [3.05, 3.63) is 0 Å². The molecule has 0 heterocycles. The molecule has 2 fully saturated rings. The first-order chi connectivity index (χ1) is 9.53. The third kappa shape index (κ3) is 4.21. The molecule has 2 aliphatic carbocycles. The zero-order valence-corrected chi connectivity index (χ0v) is 14.3. The van der Waals surface area contributed by atoms with E-state index >= 15 is 0 Å². The Bertz CT molecular complexity index is 277. The average Bonchev–Trinajstić information content (AvgIpc) is 2.45. The third-order valence-corrected chi connectivity index (χ3v) is 5.79. The maximum Gasteiger partial charge on any atom is 0.0249 e. The lowest BCUT2D eigenvalue weighted by Gasteiger charge is -2.45. The summed E-state index contributed by atoms with van der Waals surface area (Å²) >= 11 is 0. The molecule has 0 aromatic heterocycles. The molecule has 0 aromatic rings. The van der Waals surface area contributed by atoms with Gasteiger partial charge in [-0.05, 0) is 64.0 Å². The maximum absolute atomic E-state index is 3.82. The van der Waals surface area contributed by atoms with E-state index in [0.717, 1.165) is 18.1 Å². The summed E-state index contributed by atoms with van der Waals surface area (Å²) < 4.78 is 0. The number of likely N-dealkylation sites (N-methyl/N-ethyl adjacent to an activating group) is 1. The second kappa shape index (κ2) is 7.26. The van der Waals surface area contributed by atoms with Gasteiger partial charge in [0.15, 0.2) is 0 Å². The van der Waals surface area contributed by atoms with Crippen LogP contribution in [0.3, 0.4) is 0 Å². The summed E-state index contributed by atoms with van der Waals surface area (Å²) in [5.41, 5.74) is 0.587. The fourth-order valence-electron chi connectivity index (χ4n) is 4.23. The SMILES string of the molecule is CCCNC1CCCCC1N(C)C1CCC(C)(C)CC1. The van der Waals surface area contributed by atoms with Crippen LogP contribution in [0, 0.1) is 5.41 Å². The Morgan fingerprint density at radius 1 is 1.05 bits per heavy atom. The number of nitrogens with one attached hydrogen (secondary N) is 1. The van der Waals surface area contributed by atoms with Crippen LogP contribution >= 0.6 is 0 Å². The van der Waals surface area contributed by atoms with Crippen molar-refractivity contribution in [1.82, 2.24) is 10.2 Å². The zero-order chi connectivity index (χ0) is 14.6. The van der Waals surface area contributed by atoms with Crippen LogP contribution in [0.15, 0.2) is 0 Å². The van der Waals surface area contributed by atoms with Crippen LogP contribution in [0.2, 0.25) is 0 Å². The highest BCUT2D eigenvalue weighted by molar-refractivity contribution is 4.92. The third-order valence-electron chi connectivity index (χ3n) is 5.79. The first-order valence-corrected chi connectivity index (χ1v) is 8.99. The van der Waals surface area contributed by atoms with Crippen molar-refractivity contribution in [2.24, 2.45) is 5.41 Å². The van der Waals surface area contributed by atoms with Crippen molar-refractivity contribution in [2.45, 2.75) is 96.7 Å². The predicted octanol–water partition coefficient (Wildman–Crippen LogP) is 4.20. The van der Waals surface area contributed by atoms with Crippen LogP contribution in [-0.4, -0.2) is 36.6 Å². The van der Waals surface area contributed by atoms with Crippen LogP contribution in [0.5, 0.6) is 0 Å². The van der Waals surface area contributed by atoms with Gasteiger partial charge in [-0.1, -0.05) is 33.6 Å². The molecule has 1 N–H and O–H groups in total. The number of hydrogen-bond acceptors (Lipinski definition) is 2. The second-order valence-corrected chi connectivity index (χ2v) is 7.97. The van der Waals surface area contributed by atoms with Crippen molar-refractivity contribution in [1.29, 1.82) is 0 Å². The molecule has 2 nitrogen and oxygen atoms in total. The van der Waals surface area contributed by atoms with Gasteiger partial charge in [0.05, 0.1) is 0 Å². The van der Waals surface area contributed by atoms with Crippen LogP contribution in [-0.2, 0) is 0 Å². The Morgan fingerprint density at radius 2 is 1.70 bits per heavy atom. The molecule has 2 saturated carbocycles. The van der Waals surface area contributed by atoms with Gasteiger partial charge in [-0.25, -0.2) is 0 Å². The van der Waals surface area contributed by atoms with E-state index in [2.05, 4.69) is 38.0 Å². The fraction of sp³-hybridized carbons (Fsp3) is 1.00. The van der Waals surface area contributed by atoms with Crippen LogP contribution in [0.4, 0.5) is 0 Å². The standard InChI is InChI=1S/C18H36N2/c1-5-14-19-16-8-6-7-9-17(16)20(4)15-10-12-18(2,3)13-11-15/h15-17,19H,5-14H2,1-4H3. The number of rotatable bonds is 5. The minimum atomic E-state index is 0.587. The summed E-state index contributed by atoms with van der Waals surface area (Å²) in [5, 5.41) is 3.82. The molecule has 118 valence electrons. The lowest BCUT2D eigenvalue weighted by atomic mass is 9.74. The summed E-state index contributed by atoms with van der Waals surface area (Å²) in [5.74, 6) is 0. The van der Waals surface area contributed by atoms with Gasteiger partial charge in [-0.3, -0.25) is 4.90 Å². The molecule has 2 heteroatoms. The van der Waals surface area contributed by atoms with E-state index < -0.39 is 0 Å². The number of hydrogen-bond donors (Lipinski definition) is 1. The van der Waals surface area contributed by atoms with Crippen molar-refractivity contribution >= 4 is 0 Å². The van der Waals surface area contributed by atoms with Crippen LogP contribution < -0.4 is 5.32 Å². The molecule has 20 heavy (non-hydrogen) atoms. The van der Waals surface area contributed by atoms with E-state index in [1.807, 2.05) is 0 Å². The molecule has 0 aromatic carbocycles. The maximum atomic E-state index is 3.82. The van der Waals surface area contributed by atoms with Gasteiger partial charge in [0.25, 0.3) is 0 Å². The molecule has 0 aliphatic heterocycles. The summed E-state index contributed by atoms with van der Waals surface area (Å²) in [6.45, 7) is 8.34. The van der Waals surface area contributed by atoms with E-state index in [4.69, 9.17) is 0 Å². The first-order valence-electron chi connectivity index (χ1n) is 8.99. The molecule has 2 unspecified atom stereocenters. The molecule has 2 atom stereocenters. The second-order valence-electron chi connectivity index (χ2n) is 7.97. The van der Waals surface area contributed by atoms with Crippen molar-refractivity contribution in [2.75, 3.05) is 13.6 Å². The van der Waals surface area contributed by atoms with E-state index in [9.17, 15) is 0 Å². The molecule has 2 aliphatic rings. The lowest BCUT2D eigenvalue weighted by Crippen LogP contribution is -2.54. The molecule has 0 spiro atoms. The van der Waals surface area contributed by atoms with Crippen molar-refractivity contribution in [3.8, 4) is 0 Å².